The Morgan fingerprint density at radius 1 is 0.562 bits per heavy atom. The Bertz CT molecular complexity index is 3290. The predicted molar refractivity (Wildman–Crippen MR) is 262 cm³/mol. The van der Waals surface area contributed by atoms with Crippen molar-refractivity contribution in [1.29, 1.82) is 0 Å². The van der Waals surface area contributed by atoms with Crippen LogP contribution in [0.15, 0.2) is 212 Å². The van der Waals surface area contributed by atoms with Crippen LogP contribution in [0.3, 0.4) is 0 Å². The predicted octanol–water partition coefficient (Wildman–Crippen LogP) is 15.7. The zero-order valence-corrected chi connectivity index (χ0v) is 35.6. The number of nitrogens with zero attached hydrogens (tertiary/aromatic N) is 2. The van der Waals surface area contributed by atoms with Gasteiger partial charge in [0.05, 0.1) is 6.04 Å². The van der Waals surface area contributed by atoms with Crippen molar-refractivity contribution in [3.8, 4) is 33.8 Å². The first-order chi connectivity index (χ1) is 31.6. The molecule has 1 fully saturated rings. The van der Waals surface area contributed by atoms with Crippen molar-refractivity contribution in [2.24, 2.45) is 5.92 Å². The third-order valence-corrected chi connectivity index (χ3v) is 15.1. The van der Waals surface area contributed by atoms with E-state index in [2.05, 4.69) is 223 Å². The summed E-state index contributed by atoms with van der Waals surface area (Å²) in [5.74, 6) is 2.84. The lowest BCUT2D eigenvalue weighted by atomic mass is 9.65. The molecular formula is C61H44N2O. The summed E-state index contributed by atoms with van der Waals surface area (Å²) in [5, 5.41) is 0. The Balaban J connectivity index is 0.936. The highest BCUT2D eigenvalue weighted by Gasteiger charge is 2.54. The minimum Gasteiger partial charge on any atom is -0.456 e. The molecule has 1 saturated carbocycles. The molecular weight excluding hydrogens is 777 g/mol. The van der Waals surface area contributed by atoms with Gasteiger partial charge < -0.3 is 14.5 Å². The second-order valence-corrected chi connectivity index (χ2v) is 18.4. The van der Waals surface area contributed by atoms with Crippen molar-refractivity contribution in [2.45, 2.75) is 37.1 Å². The molecule has 0 saturated heterocycles. The van der Waals surface area contributed by atoms with Gasteiger partial charge in [-0.15, -0.1) is 0 Å². The number of anilines is 5. The minimum atomic E-state index is -0.270. The molecule has 4 atom stereocenters. The Kier molecular flexibility index (Phi) is 7.54. The van der Waals surface area contributed by atoms with Gasteiger partial charge in [0.2, 0.25) is 0 Å². The zero-order chi connectivity index (χ0) is 42.1. The van der Waals surface area contributed by atoms with E-state index < -0.39 is 0 Å². The third-order valence-electron chi connectivity index (χ3n) is 15.1. The molecule has 0 aromatic heterocycles. The van der Waals surface area contributed by atoms with Crippen molar-refractivity contribution in [3.05, 3.63) is 245 Å². The van der Waals surface area contributed by atoms with Crippen LogP contribution >= 0.6 is 0 Å². The molecule has 304 valence electrons. The highest BCUT2D eigenvalue weighted by molar-refractivity contribution is 5.99. The maximum Gasteiger partial charge on any atom is 0.135 e. The second-order valence-electron chi connectivity index (χ2n) is 18.4. The van der Waals surface area contributed by atoms with Crippen LogP contribution in [-0.4, -0.2) is 6.04 Å². The third kappa shape index (κ3) is 5.10. The number of benzene rings is 8. The maximum absolute atomic E-state index is 6.96. The van der Waals surface area contributed by atoms with Gasteiger partial charge in [-0.2, -0.15) is 0 Å². The molecule has 0 spiro atoms. The molecule has 3 nitrogen and oxygen atoms in total. The van der Waals surface area contributed by atoms with Crippen LogP contribution in [0, 0.1) is 5.92 Å². The molecule has 14 rings (SSSR count). The topological polar surface area (TPSA) is 15.7 Å². The zero-order valence-electron chi connectivity index (χ0n) is 35.6. The van der Waals surface area contributed by atoms with E-state index in [0.29, 0.717) is 11.8 Å². The summed E-state index contributed by atoms with van der Waals surface area (Å²) in [4.78, 5) is 5.10. The molecule has 3 heteroatoms. The fraction of sp³-hybridized carbons (Fsp3) is 0.115. The largest absolute Gasteiger partial charge is 0.456 e. The summed E-state index contributed by atoms with van der Waals surface area (Å²) in [7, 11) is 0. The lowest BCUT2D eigenvalue weighted by molar-refractivity contribution is 0.472. The van der Waals surface area contributed by atoms with E-state index in [-0.39, 0.29) is 11.5 Å². The van der Waals surface area contributed by atoms with Crippen LogP contribution in [0.1, 0.15) is 59.1 Å². The summed E-state index contributed by atoms with van der Waals surface area (Å²) >= 11 is 0. The van der Waals surface area contributed by atoms with Gasteiger partial charge in [-0.1, -0.05) is 140 Å². The lowest BCUT2D eigenvalue weighted by Gasteiger charge is -2.50. The SMILES string of the molecule is CC12C3=C(C=CCC3N(c3ccc4c5c3C3CC3C=C5c3cc(N(c5ccccc5)c5ccccc5)ccc3O4)c3ccc(-c4ccc(-c5ccccc5)cc4)cc31)c1ccccc12. The number of para-hydroxylation sites is 2. The molecule has 0 bridgehead atoms. The van der Waals surface area contributed by atoms with E-state index in [9.17, 15) is 0 Å². The molecule has 4 unspecified atom stereocenters. The number of fused-ring (bicyclic) bond motifs is 9. The summed E-state index contributed by atoms with van der Waals surface area (Å²) in [6, 6.07) is 69.2. The summed E-state index contributed by atoms with van der Waals surface area (Å²) in [6.07, 6.45) is 9.51. The second kappa shape index (κ2) is 13.4. The summed E-state index contributed by atoms with van der Waals surface area (Å²) < 4.78 is 6.96. The van der Waals surface area contributed by atoms with Crippen molar-refractivity contribution >= 4 is 39.6 Å². The van der Waals surface area contributed by atoms with E-state index >= 15 is 0 Å². The lowest BCUT2D eigenvalue weighted by Crippen LogP contribution is -2.46. The molecule has 0 amide bonds. The molecule has 0 radical (unpaired) electrons. The molecule has 2 heterocycles. The Morgan fingerprint density at radius 3 is 1.97 bits per heavy atom. The first-order valence-corrected chi connectivity index (χ1v) is 22.8. The van der Waals surface area contributed by atoms with Crippen LogP contribution in [0.25, 0.3) is 33.4 Å². The highest BCUT2D eigenvalue weighted by Crippen LogP contribution is 2.66. The van der Waals surface area contributed by atoms with E-state index in [1.807, 2.05) is 0 Å². The summed E-state index contributed by atoms with van der Waals surface area (Å²) in [5.41, 5.74) is 22.9. The van der Waals surface area contributed by atoms with Crippen LogP contribution in [0.5, 0.6) is 11.5 Å². The van der Waals surface area contributed by atoms with Crippen LogP contribution in [0.2, 0.25) is 0 Å². The van der Waals surface area contributed by atoms with Gasteiger partial charge in [-0.3, -0.25) is 0 Å². The Morgan fingerprint density at radius 2 is 1.20 bits per heavy atom. The molecule has 0 N–H and O–H groups in total. The van der Waals surface area contributed by atoms with Crippen molar-refractivity contribution in [1.82, 2.24) is 0 Å². The molecule has 6 aliphatic rings. The Labute approximate surface area is 374 Å². The quantitative estimate of drug-likeness (QED) is 0.166. The first kappa shape index (κ1) is 35.9. The number of rotatable bonds is 6. The molecule has 8 aromatic rings. The van der Waals surface area contributed by atoms with Gasteiger partial charge in [0, 0.05) is 45.0 Å². The molecule has 2 aliphatic heterocycles. The average Bonchev–Trinajstić information content (AvgIpc) is 4.10. The fourth-order valence-corrected chi connectivity index (χ4v) is 12.1. The van der Waals surface area contributed by atoms with E-state index in [0.717, 1.165) is 47.0 Å². The monoisotopic (exact) mass is 820 g/mol. The molecule has 64 heavy (non-hydrogen) atoms. The first-order valence-electron chi connectivity index (χ1n) is 22.8. The smallest absolute Gasteiger partial charge is 0.135 e. The van der Waals surface area contributed by atoms with Crippen LogP contribution < -0.4 is 14.5 Å². The van der Waals surface area contributed by atoms with Gasteiger partial charge >= 0.3 is 0 Å². The van der Waals surface area contributed by atoms with Crippen LogP contribution in [-0.2, 0) is 5.41 Å². The van der Waals surface area contributed by atoms with Crippen LogP contribution in [0.4, 0.5) is 28.4 Å². The average molecular weight is 821 g/mol. The number of hydrogen-bond donors (Lipinski definition) is 0. The fourth-order valence-electron chi connectivity index (χ4n) is 12.1. The standard InChI is InChI=1S/C61H44N2O/c1-61-51-22-12-11-20-46(51)47-21-13-23-55(60(47)61)63(53-30-28-41(36-52(53)61)40-26-24-39(25-27-40)38-14-5-2-6-15-38)54-31-33-57-59-50(35-42-34-48(42)58(54)59)49-37-45(29-32-56(49)64-57)62(43-16-7-3-8-17-43)44-18-9-4-10-19-44/h2-22,24-33,35-37,42,48,55H,23,34H2,1H3. The summed E-state index contributed by atoms with van der Waals surface area (Å²) in [6.45, 7) is 2.50. The maximum atomic E-state index is 6.96. The normalized spacial score (nSPS) is 21.0. The highest BCUT2D eigenvalue weighted by atomic mass is 16.5. The van der Waals surface area contributed by atoms with Crippen molar-refractivity contribution < 1.29 is 4.74 Å². The number of ether oxygens (including phenoxy) is 1. The van der Waals surface area contributed by atoms with E-state index in [1.54, 1.807) is 0 Å². The van der Waals surface area contributed by atoms with E-state index in [4.69, 9.17) is 4.74 Å². The van der Waals surface area contributed by atoms with E-state index in [1.165, 1.54) is 78.2 Å². The van der Waals surface area contributed by atoms with Gasteiger partial charge in [0.25, 0.3) is 0 Å². The van der Waals surface area contributed by atoms with Crippen molar-refractivity contribution in [3.63, 3.8) is 0 Å². The van der Waals surface area contributed by atoms with Gasteiger partial charge in [0.15, 0.2) is 0 Å². The minimum absolute atomic E-state index is 0.176. The van der Waals surface area contributed by atoms with Gasteiger partial charge in [-0.05, 0) is 160 Å². The van der Waals surface area contributed by atoms with Gasteiger partial charge in [-0.25, -0.2) is 0 Å². The number of hydrogen-bond acceptors (Lipinski definition) is 3. The number of allylic oxidation sites excluding steroid dienone is 3. The van der Waals surface area contributed by atoms with Gasteiger partial charge in [0.1, 0.15) is 11.5 Å². The molecule has 8 aromatic carbocycles. The molecule has 4 aliphatic carbocycles. The van der Waals surface area contributed by atoms with Crippen molar-refractivity contribution in [2.75, 3.05) is 9.80 Å². The Hall–Kier alpha value is -7.62.